The summed E-state index contributed by atoms with van der Waals surface area (Å²) in [6.07, 6.45) is 1.37. The summed E-state index contributed by atoms with van der Waals surface area (Å²) >= 11 is 7.93. The van der Waals surface area contributed by atoms with Crippen molar-refractivity contribution < 1.29 is 28.2 Å². The van der Waals surface area contributed by atoms with Gasteiger partial charge in [0, 0.05) is 5.02 Å². The first-order valence-electron chi connectivity index (χ1n) is 10.2. The lowest BCUT2D eigenvalue weighted by Crippen LogP contribution is -2.54. The second-order valence-electron chi connectivity index (χ2n) is 7.39. The average Bonchev–Trinajstić information content (AvgIpc) is 2.82. The predicted molar refractivity (Wildman–Crippen MR) is 137 cm³/mol. The number of anilines is 1. The highest BCUT2D eigenvalue weighted by Gasteiger charge is 2.36. The molecule has 0 atom stereocenters. The average molecular weight is 607 g/mol. The van der Waals surface area contributed by atoms with E-state index in [9.17, 15) is 18.8 Å². The van der Waals surface area contributed by atoms with E-state index in [4.69, 9.17) is 21.1 Å². The Morgan fingerprint density at radius 3 is 2.51 bits per heavy atom. The van der Waals surface area contributed by atoms with Gasteiger partial charge in [0.05, 0.1) is 16.4 Å². The van der Waals surface area contributed by atoms with Crippen LogP contribution >= 0.6 is 34.2 Å². The zero-order valence-electron chi connectivity index (χ0n) is 18.2. The number of imide groups is 2. The van der Waals surface area contributed by atoms with Crippen molar-refractivity contribution in [2.24, 2.45) is 0 Å². The molecule has 3 aromatic carbocycles. The molecule has 178 valence electrons. The molecule has 10 heteroatoms. The van der Waals surface area contributed by atoms with Crippen molar-refractivity contribution in [3.8, 4) is 11.5 Å². The highest BCUT2D eigenvalue weighted by molar-refractivity contribution is 14.1. The van der Waals surface area contributed by atoms with Gasteiger partial charge in [0.1, 0.15) is 18.0 Å². The molecule has 3 aromatic rings. The number of halogens is 3. The van der Waals surface area contributed by atoms with Crippen LogP contribution in [0.3, 0.4) is 0 Å². The third kappa shape index (κ3) is 5.46. The number of rotatable bonds is 6. The molecule has 1 N–H and O–H groups in total. The van der Waals surface area contributed by atoms with Crippen LogP contribution in [0, 0.1) is 9.39 Å². The second kappa shape index (κ2) is 10.4. The molecule has 0 radical (unpaired) electrons. The van der Waals surface area contributed by atoms with Crippen molar-refractivity contribution in [2.45, 2.75) is 6.61 Å². The summed E-state index contributed by atoms with van der Waals surface area (Å²) < 4.78 is 25.4. The number of nitrogens with zero attached hydrogens (tertiary/aromatic N) is 1. The molecule has 1 aliphatic rings. The van der Waals surface area contributed by atoms with E-state index in [1.807, 2.05) is 22.6 Å². The summed E-state index contributed by atoms with van der Waals surface area (Å²) in [5, 5.41) is 2.62. The van der Waals surface area contributed by atoms with Gasteiger partial charge in [-0.1, -0.05) is 23.7 Å². The summed E-state index contributed by atoms with van der Waals surface area (Å²) in [6, 6.07) is 14.6. The number of barbiturate groups is 1. The molecule has 0 unspecified atom stereocenters. The van der Waals surface area contributed by atoms with Gasteiger partial charge in [-0.05, 0) is 88.3 Å². The van der Waals surface area contributed by atoms with Gasteiger partial charge in [0.15, 0.2) is 11.5 Å². The van der Waals surface area contributed by atoms with Crippen LogP contribution in [0.2, 0.25) is 5.02 Å². The van der Waals surface area contributed by atoms with Gasteiger partial charge in [0.2, 0.25) is 0 Å². The first-order valence-corrected chi connectivity index (χ1v) is 11.6. The minimum atomic E-state index is -0.854. The maximum absolute atomic E-state index is 13.5. The second-order valence-corrected chi connectivity index (χ2v) is 8.99. The van der Waals surface area contributed by atoms with Gasteiger partial charge in [-0.3, -0.25) is 14.9 Å². The van der Waals surface area contributed by atoms with Crippen LogP contribution in [0.5, 0.6) is 11.5 Å². The number of benzene rings is 3. The molecule has 7 nitrogen and oxygen atoms in total. The van der Waals surface area contributed by atoms with E-state index < -0.39 is 17.8 Å². The molecule has 35 heavy (non-hydrogen) atoms. The molecule has 1 fully saturated rings. The van der Waals surface area contributed by atoms with Gasteiger partial charge >= 0.3 is 6.03 Å². The lowest BCUT2D eigenvalue weighted by Gasteiger charge is -2.26. The van der Waals surface area contributed by atoms with Crippen LogP contribution in [-0.2, 0) is 16.2 Å². The van der Waals surface area contributed by atoms with Crippen LogP contribution in [0.4, 0.5) is 14.9 Å². The maximum Gasteiger partial charge on any atom is 0.335 e. The Morgan fingerprint density at radius 1 is 1.09 bits per heavy atom. The third-order valence-corrected chi connectivity index (χ3v) is 6.07. The van der Waals surface area contributed by atoms with Crippen molar-refractivity contribution in [3.05, 3.63) is 91.8 Å². The molecule has 0 aromatic heterocycles. The zero-order valence-corrected chi connectivity index (χ0v) is 21.1. The Labute approximate surface area is 218 Å². The topological polar surface area (TPSA) is 84.9 Å². The van der Waals surface area contributed by atoms with Crippen LogP contribution < -0.4 is 19.7 Å². The van der Waals surface area contributed by atoms with E-state index in [1.165, 1.54) is 49.6 Å². The van der Waals surface area contributed by atoms with Crippen LogP contribution in [0.25, 0.3) is 6.08 Å². The zero-order chi connectivity index (χ0) is 25.1. The Bertz CT molecular complexity index is 1360. The maximum atomic E-state index is 13.5. The molecule has 0 aliphatic carbocycles. The summed E-state index contributed by atoms with van der Waals surface area (Å²) in [6.45, 7) is 0.115. The highest BCUT2D eigenvalue weighted by atomic mass is 127. The SMILES string of the molecule is COc1cc(/C=C2\C(=O)NC(=O)N(c3ccc(Cl)cc3)C2=O)cc(I)c1OCc1cccc(F)c1. The highest BCUT2D eigenvalue weighted by Crippen LogP contribution is 2.35. The third-order valence-electron chi connectivity index (χ3n) is 5.02. The van der Waals surface area contributed by atoms with Crippen molar-refractivity contribution in [1.82, 2.24) is 5.32 Å². The van der Waals surface area contributed by atoms with Crippen LogP contribution in [-0.4, -0.2) is 25.0 Å². The fourth-order valence-electron chi connectivity index (χ4n) is 3.39. The van der Waals surface area contributed by atoms with Crippen molar-refractivity contribution in [2.75, 3.05) is 12.0 Å². The monoisotopic (exact) mass is 606 g/mol. The molecule has 0 saturated carbocycles. The number of carbonyl (C=O) groups excluding carboxylic acids is 3. The Balaban J connectivity index is 1.64. The van der Waals surface area contributed by atoms with Gasteiger partial charge < -0.3 is 9.47 Å². The number of hydrogen-bond acceptors (Lipinski definition) is 5. The lowest BCUT2D eigenvalue weighted by atomic mass is 10.1. The van der Waals surface area contributed by atoms with Crippen LogP contribution in [0.1, 0.15) is 11.1 Å². The smallest absolute Gasteiger partial charge is 0.335 e. The Hall–Kier alpha value is -3.44. The molecule has 0 bridgehead atoms. The van der Waals surface area contributed by atoms with Crippen molar-refractivity contribution in [3.63, 3.8) is 0 Å². The first kappa shape index (κ1) is 24.7. The van der Waals surface area contributed by atoms with Crippen LogP contribution in [0.15, 0.2) is 66.2 Å². The predicted octanol–water partition coefficient (Wildman–Crippen LogP) is 5.34. The summed E-state index contributed by atoms with van der Waals surface area (Å²) in [5.41, 5.74) is 1.16. The van der Waals surface area contributed by atoms with Gasteiger partial charge in [0.25, 0.3) is 11.8 Å². The fraction of sp³-hybridized carbons (Fsp3) is 0.0800. The molecular weight excluding hydrogens is 590 g/mol. The number of amides is 4. The fourth-order valence-corrected chi connectivity index (χ4v) is 4.30. The molecule has 0 spiro atoms. The number of nitrogens with one attached hydrogen (secondary N) is 1. The normalized spacial score (nSPS) is 14.8. The standard InChI is InChI=1S/C25H17ClFIN2O5/c1-34-21-12-15(11-20(28)22(21)35-13-14-3-2-4-17(27)9-14)10-19-23(31)29-25(33)30(24(19)32)18-7-5-16(26)6-8-18/h2-12H,13H2,1H3,(H,29,31,33)/b19-10+. The molecule has 1 saturated heterocycles. The first-order chi connectivity index (χ1) is 16.8. The molecule has 1 heterocycles. The van der Waals surface area contributed by atoms with E-state index in [0.29, 0.717) is 31.2 Å². The quantitative estimate of drug-likeness (QED) is 0.233. The van der Waals surface area contributed by atoms with E-state index in [-0.39, 0.29) is 23.7 Å². The summed E-state index contributed by atoms with van der Waals surface area (Å²) in [4.78, 5) is 38.8. The van der Waals surface area contributed by atoms with Gasteiger partial charge in [-0.15, -0.1) is 0 Å². The molecule has 1 aliphatic heterocycles. The van der Waals surface area contributed by atoms with Crippen molar-refractivity contribution in [1.29, 1.82) is 0 Å². The summed E-state index contributed by atoms with van der Waals surface area (Å²) in [5.74, 6) is -1.17. The lowest BCUT2D eigenvalue weighted by molar-refractivity contribution is -0.122. The largest absolute Gasteiger partial charge is 0.493 e. The summed E-state index contributed by atoms with van der Waals surface area (Å²) in [7, 11) is 1.46. The minimum Gasteiger partial charge on any atom is -0.493 e. The number of methoxy groups -OCH3 is 1. The number of ether oxygens (including phenoxy) is 2. The Kier molecular flexibility index (Phi) is 7.37. The number of urea groups is 1. The number of hydrogen-bond donors (Lipinski definition) is 1. The Morgan fingerprint density at radius 2 is 1.83 bits per heavy atom. The van der Waals surface area contributed by atoms with Gasteiger partial charge in [-0.25, -0.2) is 14.1 Å². The molecular formula is C25H17ClFIN2O5. The minimum absolute atomic E-state index is 0.115. The van der Waals surface area contributed by atoms with E-state index in [2.05, 4.69) is 5.32 Å². The molecule has 4 rings (SSSR count). The number of carbonyl (C=O) groups is 3. The van der Waals surface area contributed by atoms with Crippen molar-refractivity contribution >= 4 is 63.8 Å². The van der Waals surface area contributed by atoms with E-state index >= 15 is 0 Å². The van der Waals surface area contributed by atoms with Gasteiger partial charge in [-0.2, -0.15) is 0 Å². The van der Waals surface area contributed by atoms with E-state index in [0.717, 1.165) is 4.90 Å². The molecule has 4 amide bonds. The van der Waals surface area contributed by atoms with E-state index in [1.54, 1.807) is 24.3 Å².